The lowest BCUT2D eigenvalue weighted by Gasteiger charge is -2.20. The topological polar surface area (TPSA) is 68.9 Å². The Kier molecular flexibility index (Phi) is 9.73. The molecule has 6 heteroatoms. The van der Waals surface area contributed by atoms with Gasteiger partial charge in [-0.2, -0.15) is 0 Å². The lowest BCUT2D eigenvalue weighted by atomic mass is 9.94. The third-order valence-electron chi connectivity index (χ3n) is 11.6. The van der Waals surface area contributed by atoms with E-state index >= 15 is 4.57 Å². The molecule has 11 rings (SSSR count). The number of para-hydroxylation sites is 2. The van der Waals surface area contributed by atoms with E-state index in [2.05, 4.69) is 91.0 Å². The number of fused-ring (bicyclic) bond motifs is 3. The highest BCUT2D eigenvalue weighted by molar-refractivity contribution is 7.85. The first kappa shape index (κ1) is 38.0. The highest BCUT2D eigenvalue weighted by Gasteiger charge is 2.29. The molecule has 0 saturated carbocycles. The maximum atomic E-state index is 15.3. The second-order valence-corrected chi connectivity index (χ2v) is 18.3. The predicted octanol–water partition coefficient (Wildman–Crippen LogP) is 13.4. The van der Waals surface area contributed by atoms with Crippen molar-refractivity contribution in [3.8, 4) is 67.5 Å². The summed E-state index contributed by atoms with van der Waals surface area (Å²) in [7, 11) is -3.17. The SMILES string of the molecule is O=P(c1ccccc1)(c1ccccc1)c1ccc(-c2cc(-c3nc(-c4ccccc4)nc(-c4ccc(-c5ccccc5)cc4)n3)cc(-c3cccc4c3oc3ccccc34)c2)cc1. The van der Waals surface area contributed by atoms with Crippen LogP contribution >= 0.6 is 7.14 Å². The number of hydrogen-bond donors (Lipinski definition) is 0. The molecule has 0 fully saturated rings. The quantitative estimate of drug-likeness (QED) is 0.136. The minimum atomic E-state index is -3.17. The lowest BCUT2D eigenvalue weighted by molar-refractivity contribution is 0.592. The van der Waals surface area contributed by atoms with E-state index < -0.39 is 7.14 Å². The van der Waals surface area contributed by atoms with Crippen molar-refractivity contribution in [2.45, 2.75) is 0 Å². The summed E-state index contributed by atoms with van der Waals surface area (Å²) in [5.41, 5.74) is 10.3. The fraction of sp³-hybridized carbons (Fsp3) is 0. The molecule has 0 atom stereocenters. The zero-order valence-electron chi connectivity index (χ0n) is 34.0. The number of furan rings is 1. The van der Waals surface area contributed by atoms with Gasteiger partial charge in [0, 0.05) is 48.9 Å². The van der Waals surface area contributed by atoms with Gasteiger partial charge in [-0.1, -0.05) is 206 Å². The summed E-state index contributed by atoms with van der Waals surface area (Å²) in [6.45, 7) is 0. The van der Waals surface area contributed by atoms with Crippen molar-refractivity contribution in [2.75, 3.05) is 0 Å². The lowest BCUT2D eigenvalue weighted by Crippen LogP contribution is -2.24. The Bertz CT molecular complexity index is 3400. The second-order valence-electron chi connectivity index (χ2n) is 15.5. The van der Waals surface area contributed by atoms with E-state index in [1.54, 1.807) is 0 Å². The van der Waals surface area contributed by atoms with Crippen molar-refractivity contribution in [3.05, 3.63) is 231 Å². The van der Waals surface area contributed by atoms with Crippen LogP contribution < -0.4 is 15.9 Å². The van der Waals surface area contributed by atoms with Crippen LogP contribution in [0.2, 0.25) is 0 Å². The van der Waals surface area contributed by atoms with E-state index in [9.17, 15) is 0 Å². The van der Waals surface area contributed by atoms with Crippen LogP contribution in [0.15, 0.2) is 235 Å². The normalized spacial score (nSPS) is 11.6. The third kappa shape index (κ3) is 7.15. The summed E-state index contributed by atoms with van der Waals surface area (Å²) in [4.78, 5) is 15.4. The van der Waals surface area contributed by atoms with Gasteiger partial charge in [-0.3, -0.25) is 0 Å². The van der Waals surface area contributed by atoms with Crippen molar-refractivity contribution in [2.24, 2.45) is 0 Å². The van der Waals surface area contributed by atoms with Gasteiger partial charge in [0.25, 0.3) is 0 Å². The molecule has 2 aromatic heterocycles. The minimum absolute atomic E-state index is 0.542. The van der Waals surface area contributed by atoms with E-state index in [1.807, 2.05) is 140 Å². The number of aromatic nitrogens is 3. The number of rotatable bonds is 9. The molecular weight excluding hydrogens is 790 g/mol. The molecule has 2 heterocycles. The van der Waals surface area contributed by atoms with Gasteiger partial charge < -0.3 is 8.98 Å². The van der Waals surface area contributed by atoms with E-state index in [1.165, 1.54) is 0 Å². The minimum Gasteiger partial charge on any atom is -0.455 e. The molecular formula is C57H38N3O2P. The van der Waals surface area contributed by atoms with E-state index in [0.29, 0.717) is 17.5 Å². The predicted molar refractivity (Wildman–Crippen MR) is 259 cm³/mol. The Morgan fingerprint density at radius 1 is 0.317 bits per heavy atom. The highest BCUT2D eigenvalue weighted by Crippen LogP contribution is 2.44. The number of hydrogen-bond acceptors (Lipinski definition) is 5. The van der Waals surface area contributed by atoms with Crippen LogP contribution in [0, 0.1) is 0 Å². The van der Waals surface area contributed by atoms with Gasteiger partial charge in [-0.05, 0) is 52.1 Å². The Morgan fingerprint density at radius 2 is 0.730 bits per heavy atom. The largest absolute Gasteiger partial charge is 0.455 e. The van der Waals surface area contributed by atoms with E-state index in [-0.39, 0.29) is 0 Å². The Hall–Kier alpha value is -7.98. The number of nitrogens with zero attached hydrogens (tertiary/aromatic N) is 3. The van der Waals surface area contributed by atoms with Gasteiger partial charge >= 0.3 is 0 Å². The second kappa shape index (κ2) is 16.1. The van der Waals surface area contributed by atoms with Gasteiger partial charge in [0.2, 0.25) is 0 Å². The maximum Gasteiger partial charge on any atom is 0.171 e. The van der Waals surface area contributed by atoms with Gasteiger partial charge in [-0.15, -0.1) is 0 Å². The summed E-state index contributed by atoms with van der Waals surface area (Å²) >= 11 is 0. The van der Waals surface area contributed by atoms with Crippen LogP contribution in [0.25, 0.3) is 89.5 Å². The summed E-state index contributed by atoms with van der Waals surface area (Å²) in [6.07, 6.45) is 0. The van der Waals surface area contributed by atoms with Gasteiger partial charge in [-0.25, -0.2) is 15.0 Å². The summed E-state index contributed by atoms with van der Waals surface area (Å²) in [5, 5.41) is 4.46. The highest BCUT2D eigenvalue weighted by atomic mass is 31.2. The fourth-order valence-corrected chi connectivity index (χ4v) is 11.1. The van der Waals surface area contributed by atoms with Crippen LogP contribution in [0.4, 0.5) is 0 Å². The molecule has 5 nitrogen and oxygen atoms in total. The van der Waals surface area contributed by atoms with Crippen molar-refractivity contribution < 1.29 is 8.98 Å². The molecule has 0 amide bonds. The van der Waals surface area contributed by atoms with Crippen LogP contribution in [0.3, 0.4) is 0 Å². The van der Waals surface area contributed by atoms with Crippen molar-refractivity contribution in [3.63, 3.8) is 0 Å². The van der Waals surface area contributed by atoms with Crippen LogP contribution in [0.5, 0.6) is 0 Å². The Morgan fingerprint density at radius 3 is 1.37 bits per heavy atom. The molecule has 0 aliphatic heterocycles. The first-order chi connectivity index (χ1) is 31.1. The molecule has 0 N–H and O–H groups in total. The van der Waals surface area contributed by atoms with Crippen LogP contribution in [-0.4, -0.2) is 15.0 Å². The summed E-state index contributed by atoms with van der Waals surface area (Å²) in [5.74, 6) is 1.70. The summed E-state index contributed by atoms with van der Waals surface area (Å²) < 4.78 is 21.9. The standard InChI is InChI=1S/C57H38N3O2P/c61-63(47-20-9-3-10-21-47,48-22-11-4-12-23-48)49-34-32-41(33-35-49)44-36-45(50-25-15-26-52-51-24-13-14-27-53(51)62-54(50)52)38-46(37-44)57-59-55(42-18-7-2-8-19-42)58-56(60-57)43-30-28-40(29-31-43)39-16-5-1-6-17-39/h1-38H. The first-order valence-corrected chi connectivity index (χ1v) is 22.6. The monoisotopic (exact) mass is 827 g/mol. The van der Waals surface area contributed by atoms with Crippen molar-refractivity contribution in [1.29, 1.82) is 0 Å². The molecule has 0 aliphatic carbocycles. The molecule has 0 unspecified atom stereocenters. The molecule has 0 aliphatic rings. The molecule has 0 bridgehead atoms. The molecule has 0 spiro atoms. The zero-order valence-corrected chi connectivity index (χ0v) is 34.9. The van der Waals surface area contributed by atoms with E-state index in [0.717, 1.165) is 87.9 Å². The number of benzene rings is 9. The van der Waals surface area contributed by atoms with Crippen molar-refractivity contribution in [1.82, 2.24) is 15.0 Å². The molecule has 0 saturated heterocycles. The summed E-state index contributed by atoms with van der Waals surface area (Å²) in [6, 6.07) is 77.4. The Labute approximate surface area is 365 Å². The van der Waals surface area contributed by atoms with Gasteiger partial charge in [0.05, 0.1) is 0 Å². The first-order valence-electron chi connectivity index (χ1n) is 20.9. The van der Waals surface area contributed by atoms with Gasteiger partial charge in [0.15, 0.2) is 24.6 Å². The smallest absolute Gasteiger partial charge is 0.171 e. The average Bonchev–Trinajstić information content (AvgIpc) is 3.76. The molecule has 0 radical (unpaired) electrons. The molecule has 9 aromatic carbocycles. The Balaban J connectivity index is 1.09. The molecule has 11 aromatic rings. The van der Waals surface area contributed by atoms with Gasteiger partial charge in [0.1, 0.15) is 11.2 Å². The maximum absolute atomic E-state index is 15.3. The average molecular weight is 828 g/mol. The fourth-order valence-electron chi connectivity index (χ4n) is 8.43. The van der Waals surface area contributed by atoms with Crippen LogP contribution in [0.1, 0.15) is 0 Å². The third-order valence-corrected chi connectivity index (χ3v) is 14.7. The van der Waals surface area contributed by atoms with E-state index in [4.69, 9.17) is 19.4 Å². The molecule has 63 heavy (non-hydrogen) atoms. The van der Waals surface area contributed by atoms with Crippen molar-refractivity contribution >= 4 is 45.0 Å². The molecule has 298 valence electrons. The zero-order chi connectivity index (χ0) is 42.2. The van der Waals surface area contributed by atoms with Crippen LogP contribution in [-0.2, 0) is 4.57 Å².